The summed E-state index contributed by atoms with van der Waals surface area (Å²) in [7, 11) is 0. The van der Waals surface area contributed by atoms with Crippen LogP contribution in [0, 0.1) is 5.92 Å². The van der Waals surface area contributed by atoms with E-state index in [0.717, 1.165) is 36.9 Å². The molecule has 3 fully saturated rings. The SMILES string of the molecule is CC1CCC2(CC1)CSC(=NCCCC(=O)NC1CC1)N2. The van der Waals surface area contributed by atoms with E-state index in [1.165, 1.54) is 31.4 Å². The fourth-order valence-corrected chi connectivity index (χ4v) is 4.37. The van der Waals surface area contributed by atoms with Gasteiger partial charge < -0.3 is 10.6 Å². The highest BCUT2D eigenvalue weighted by Crippen LogP contribution is 2.38. The molecule has 4 nitrogen and oxygen atoms in total. The highest BCUT2D eigenvalue weighted by molar-refractivity contribution is 8.14. The maximum atomic E-state index is 11.6. The van der Waals surface area contributed by atoms with Gasteiger partial charge in [0.05, 0.1) is 0 Å². The van der Waals surface area contributed by atoms with Crippen molar-refractivity contribution in [3.63, 3.8) is 0 Å². The second kappa shape index (κ2) is 6.59. The molecule has 5 heteroatoms. The number of nitrogens with zero attached hydrogens (tertiary/aromatic N) is 1. The van der Waals surface area contributed by atoms with Crippen molar-refractivity contribution >= 4 is 22.8 Å². The van der Waals surface area contributed by atoms with Crippen LogP contribution < -0.4 is 10.6 Å². The largest absolute Gasteiger partial charge is 0.359 e. The van der Waals surface area contributed by atoms with Gasteiger partial charge in [-0.15, -0.1) is 0 Å². The number of amidine groups is 1. The molecular formula is C16H27N3OS. The van der Waals surface area contributed by atoms with Crippen LogP contribution in [0.25, 0.3) is 0 Å². The predicted molar refractivity (Wildman–Crippen MR) is 88.7 cm³/mol. The Bertz CT molecular complexity index is 412. The van der Waals surface area contributed by atoms with E-state index < -0.39 is 0 Å². The summed E-state index contributed by atoms with van der Waals surface area (Å²) >= 11 is 1.87. The Morgan fingerprint density at radius 3 is 2.86 bits per heavy atom. The molecule has 0 bridgehead atoms. The van der Waals surface area contributed by atoms with Gasteiger partial charge in [-0.3, -0.25) is 9.79 Å². The number of amides is 1. The minimum absolute atomic E-state index is 0.197. The topological polar surface area (TPSA) is 53.5 Å². The second-order valence-electron chi connectivity index (χ2n) is 7.01. The van der Waals surface area contributed by atoms with Crippen LogP contribution in [0.1, 0.15) is 58.3 Å². The summed E-state index contributed by atoms with van der Waals surface area (Å²) < 4.78 is 0. The lowest BCUT2D eigenvalue weighted by Crippen LogP contribution is -2.46. The van der Waals surface area contributed by atoms with Gasteiger partial charge >= 0.3 is 0 Å². The van der Waals surface area contributed by atoms with Gasteiger partial charge in [0.2, 0.25) is 5.91 Å². The smallest absolute Gasteiger partial charge is 0.220 e. The van der Waals surface area contributed by atoms with Crippen LogP contribution in [-0.2, 0) is 4.79 Å². The van der Waals surface area contributed by atoms with E-state index in [9.17, 15) is 4.79 Å². The van der Waals surface area contributed by atoms with Crippen LogP contribution in [0.2, 0.25) is 0 Å². The number of hydrogen-bond donors (Lipinski definition) is 2. The number of aliphatic imine (C=N–C) groups is 1. The van der Waals surface area contributed by atoms with Crippen LogP contribution >= 0.6 is 11.8 Å². The Labute approximate surface area is 131 Å². The lowest BCUT2D eigenvalue weighted by molar-refractivity contribution is -0.121. The summed E-state index contributed by atoms with van der Waals surface area (Å²) in [5.74, 6) is 2.25. The van der Waals surface area contributed by atoms with Gasteiger partial charge in [0.15, 0.2) is 5.17 Å². The van der Waals surface area contributed by atoms with Gasteiger partial charge in [-0.2, -0.15) is 0 Å². The lowest BCUT2D eigenvalue weighted by Gasteiger charge is -2.35. The summed E-state index contributed by atoms with van der Waals surface area (Å²) in [5.41, 5.74) is 0.319. The zero-order chi connectivity index (χ0) is 14.7. The minimum atomic E-state index is 0.197. The van der Waals surface area contributed by atoms with Gasteiger partial charge in [0, 0.05) is 30.3 Å². The van der Waals surface area contributed by atoms with Gasteiger partial charge in [-0.1, -0.05) is 18.7 Å². The molecule has 0 aromatic heterocycles. The predicted octanol–water partition coefficient (Wildman–Crippen LogP) is 2.69. The molecule has 0 radical (unpaired) electrons. The molecule has 0 atom stereocenters. The molecule has 1 spiro atoms. The zero-order valence-corrected chi connectivity index (χ0v) is 13.8. The van der Waals surface area contributed by atoms with Crippen LogP contribution in [-0.4, -0.2) is 35.0 Å². The molecule has 0 aromatic rings. The maximum absolute atomic E-state index is 11.6. The molecule has 1 saturated heterocycles. The van der Waals surface area contributed by atoms with Crippen molar-refractivity contribution < 1.29 is 4.79 Å². The van der Waals surface area contributed by atoms with Gasteiger partial charge in [0.25, 0.3) is 0 Å². The van der Waals surface area contributed by atoms with E-state index in [-0.39, 0.29) is 5.91 Å². The average molecular weight is 309 g/mol. The average Bonchev–Trinajstić information content (AvgIpc) is 3.19. The van der Waals surface area contributed by atoms with E-state index in [1.54, 1.807) is 0 Å². The summed E-state index contributed by atoms with van der Waals surface area (Å²) in [4.78, 5) is 16.2. The van der Waals surface area contributed by atoms with E-state index in [4.69, 9.17) is 0 Å². The van der Waals surface area contributed by atoms with Crippen molar-refractivity contribution in [3.8, 4) is 0 Å². The first kappa shape index (κ1) is 15.2. The molecule has 2 aliphatic carbocycles. The fraction of sp³-hybridized carbons (Fsp3) is 0.875. The molecule has 21 heavy (non-hydrogen) atoms. The van der Waals surface area contributed by atoms with Crippen LogP contribution in [0.5, 0.6) is 0 Å². The molecule has 3 aliphatic rings. The number of hydrogen-bond acceptors (Lipinski definition) is 3. The van der Waals surface area contributed by atoms with Crippen LogP contribution in [0.15, 0.2) is 4.99 Å². The fourth-order valence-electron chi connectivity index (χ4n) is 3.12. The van der Waals surface area contributed by atoms with Crippen molar-refractivity contribution in [3.05, 3.63) is 0 Å². The molecule has 0 unspecified atom stereocenters. The zero-order valence-electron chi connectivity index (χ0n) is 13.0. The van der Waals surface area contributed by atoms with Crippen molar-refractivity contribution in [1.29, 1.82) is 0 Å². The third kappa shape index (κ3) is 4.38. The normalized spacial score (nSPS) is 34.1. The van der Waals surface area contributed by atoms with E-state index in [2.05, 4.69) is 22.5 Å². The number of rotatable bonds is 5. The molecule has 2 N–H and O–H groups in total. The van der Waals surface area contributed by atoms with Crippen LogP contribution in [0.4, 0.5) is 0 Å². The molecule has 1 aliphatic heterocycles. The lowest BCUT2D eigenvalue weighted by atomic mass is 9.78. The monoisotopic (exact) mass is 309 g/mol. The minimum Gasteiger partial charge on any atom is -0.359 e. The Hall–Kier alpha value is -0.710. The molecule has 1 amide bonds. The third-order valence-corrected chi connectivity index (χ3v) is 6.05. The summed E-state index contributed by atoms with van der Waals surface area (Å²) in [6.45, 7) is 3.12. The highest BCUT2D eigenvalue weighted by atomic mass is 32.2. The number of thioether (sulfide) groups is 1. The summed E-state index contributed by atoms with van der Waals surface area (Å²) in [6.07, 6.45) is 9.03. The van der Waals surface area contributed by atoms with Crippen molar-refractivity contribution in [2.75, 3.05) is 12.3 Å². The number of carbonyl (C=O) groups is 1. The standard InChI is InChI=1S/C16H27N3OS/c1-12-6-8-16(9-7-12)11-21-15(19-16)17-10-2-3-14(20)18-13-4-5-13/h12-13H,2-11H2,1H3,(H,17,19)(H,18,20). The Balaban J connectivity index is 1.36. The number of carbonyl (C=O) groups excluding carboxylic acids is 1. The summed E-state index contributed by atoms with van der Waals surface area (Å²) in [6, 6.07) is 0.476. The Kier molecular flexibility index (Phi) is 4.77. The molecule has 2 saturated carbocycles. The quantitative estimate of drug-likeness (QED) is 0.768. The third-order valence-electron chi connectivity index (χ3n) is 4.85. The Morgan fingerprint density at radius 1 is 1.38 bits per heavy atom. The van der Waals surface area contributed by atoms with Crippen LogP contribution in [0.3, 0.4) is 0 Å². The highest BCUT2D eigenvalue weighted by Gasteiger charge is 2.39. The molecule has 0 aromatic carbocycles. The Morgan fingerprint density at radius 2 is 2.14 bits per heavy atom. The van der Waals surface area contributed by atoms with Gasteiger partial charge in [-0.25, -0.2) is 0 Å². The molecular weight excluding hydrogens is 282 g/mol. The molecule has 3 rings (SSSR count). The van der Waals surface area contributed by atoms with Gasteiger partial charge in [-0.05, 0) is 50.9 Å². The van der Waals surface area contributed by atoms with Gasteiger partial charge in [0.1, 0.15) is 0 Å². The maximum Gasteiger partial charge on any atom is 0.220 e. The first-order chi connectivity index (χ1) is 10.2. The number of nitrogens with one attached hydrogen (secondary N) is 2. The van der Waals surface area contributed by atoms with Crippen molar-refractivity contribution in [1.82, 2.24) is 10.6 Å². The second-order valence-corrected chi connectivity index (χ2v) is 7.97. The molecule has 118 valence electrons. The van der Waals surface area contributed by atoms with E-state index in [0.29, 0.717) is 18.0 Å². The summed E-state index contributed by atoms with van der Waals surface area (Å²) in [5, 5.41) is 7.80. The first-order valence-electron chi connectivity index (χ1n) is 8.40. The molecule has 1 heterocycles. The van der Waals surface area contributed by atoms with E-state index in [1.807, 2.05) is 11.8 Å². The first-order valence-corrected chi connectivity index (χ1v) is 9.39. The van der Waals surface area contributed by atoms with E-state index >= 15 is 0 Å². The van der Waals surface area contributed by atoms with Crippen molar-refractivity contribution in [2.45, 2.75) is 69.9 Å². The van der Waals surface area contributed by atoms with Crippen molar-refractivity contribution in [2.24, 2.45) is 10.9 Å².